The molecular formula is C23H20Cl3N3O3S. The quantitative estimate of drug-likeness (QED) is 0.321. The molecule has 0 heterocycles. The van der Waals surface area contributed by atoms with E-state index in [4.69, 9.17) is 34.8 Å². The summed E-state index contributed by atoms with van der Waals surface area (Å²) in [6, 6.07) is 18.0. The average molecular weight is 525 g/mol. The first-order valence-electron chi connectivity index (χ1n) is 9.74. The van der Waals surface area contributed by atoms with Gasteiger partial charge in [-0.25, -0.2) is 13.8 Å². The highest BCUT2D eigenvalue weighted by Gasteiger charge is 2.27. The Kier molecular flexibility index (Phi) is 8.51. The molecule has 0 bridgehead atoms. The first-order valence-corrected chi connectivity index (χ1v) is 12.3. The van der Waals surface area contributed by atoms with E-state index in [0.29, 0.717) is 20.6 Å². The second-order valence-electron chi connectivity index (χ2n) is 7.11. The van der Waals surface area contributed by atoms with Crippen molar-refractivity contribution < 1.29 is 13.2 Å². The minimum absolute atomic E-state index is 0.0117. The van der Waals surface area contributed by atoms with Crippen molar-refractivity contribution in [1.82, 2.24) is 9.73 Å². The van der Waals surface area contributed by atoms with Gasteiger partial charge in [-0.3, -0.25) is 4.79 Å². The lowest BCUT2D eigenvalue weighted by molar-refractivity contribution is -0.121. The molecule has 0 aliphatic carbocycles. The molecular weight excluding hydrogens is 505 g/mol. The van der Waals surface area contributed by atoms with Crippen LogP contribution in [0.2, 0.25) is 15.1 Å². The number of hydrazone groups is 1. The Morgan fingerprint density at radius 2 is 1.67 bits per heavy atom. The molecule has 3 aromatic rings. The summed E-state index contributed by atoms with van der Waals surface area (Å²) >= 11 is 17.9. The van der Waals surface area contributed by atoms with Gasteiger partial charge in [-0.1, -0.05) is 65.1 Å². The third-order valence-corrected chi connectivity index (χ3v) is 7.36. The number of nitrogens with one attached hydrogen (secondary N) is 1. The normalized spacial score (nSPS) is 11.8. The van der Waals surface area contributed by atoms with Crippen molar-refractivity contribution in [2.75, 3.05) is 6.54 Å². The molecule has 0 aliphatic rings. The van der Waals surface area contributed by atoms with E-state index >= 15 is 0 Å². The van der Waals surface area contributed by atoms with Gasteiger partial charge in [0.1, 0.15) is 0 Å². The van der Waals surface area contributed by atoms with Crippen LogP contribution in [0.15, 0.2) is 76.7 Å². The molecule has 3 rings (SSSR count). The van der Waals surface area contributed by atoms with Crippen molar-refractivity contribution in [2.24, 2.45) is 5.10 Å². The Morgan fingerprint density at radius 3 is 2.33 bits per heavy atom. The molecule has 0 aromatic heterocycles. The molecule has 1 amide bonds. The van der Waals surface area contributed by atoms with Crippen molar-refractivity contribution in [3.05, 3.63) is 98.5 Å². The summed E-state index contributed by atoms with van der Waals surface area (Å²) in [5.74, 6) is -0.609. The van der Waals surface area contributed by atoms with Gasteiger partial charge >= 0.3 is 0 Å². The minimum Gasteiger partial charge on any atom is -0.272 e. The van der Waals surface area contributed by atoms with Gasteiger partial charge in [0.15, 0.2) is 0 Å². The average Bonchev–Trinajstić information content (AvgIpc) is 2.76. The van der Waals surface area contributed by atoms with Crippen molar-refractivity contribution >= 4 is 56.9 Å². The van der Waals surface area contributed by atoms with Crippen molar-refractivity contribution in [2.45, 2.75) is 18.4 Å². The number of aryl methyl sites for hydroxylation is 1. The van der Waals surface area contributed by atoms with E-state index in [0.717, 1.165) is 15.4 Å². The van der Waals surface area contributed by atoms with Crippen molar-refractivity contribution in [3.63, 3.8) is 0 Å². The van der Waals surface area contributed by atoms with Gasteiger partial charge in [0.05, 0.1) is 22.7 Å². The molecule has 0 aliphatic heterocycles. The second kappa shape index (κ2) is 11.1. The van der Waals surface area contributed by atoms with Crippen LogP contribution in [0.1, 0.15) is 16.7 Å². The van der Waals surface area contributed by atoms with Crippen molar-refractivity contribution in [3.8, 4) is 0 Å². The van der Waals surface area contributed by atoms with Crippen LogP contribution in [-0.4, -0.2) is 31.4 Å². The predicted molar refractivity (Wildman–Crippen MR) is 132 cm³/mol. The Hall–Kier alpha value is -2.42. The summed E-state index contributed by atoms with van der Waals surface area (Å²) in [7, 11) is -3.99. The molecule has 0 saturated heterocycles. The number of halogens is 3. The van der Waals surface area contributed by atoms with Crippen LogP contribution >= 0.6 is 34.8 Å². The first-order chi connectivity index (χ1) is 15.7. The number of nitrogens with zero attached hydrogens (tertiary/aromatic N) is 2. The third-order valence-electron chi connectivity index (χ3n) is 4.73. The summed E-state index contributed by atoms with van der Waals surface area (Å²) in [4.78, 5) is 12.6. The molecule has 172 valence electrons. The van der Waals surface area contributed by atoms with Gasteiger partial charge in [-0.15, -0.1) is 0 Å². The topological polar surface area (TPSA) is 78.8 Å². The molecule has 3 aromatic carbocycles. The standard InChI is InChI=1S/C23H20Cl3N3O3S/c1-16-4-2-3-5-18(16)14-29(33(31,32)21-10-8-19(24)9-11-21)15-23(30)28-27-13-17-6-7-20(25)12-22(17)26/h2-13H,14-15H2,1H3,(H,28,30)/b27-13-. The van der Waals surface area contributed by atoms with E-state index < -0.39 is 22.5 Å². The summed E-state index contributed by atoms with van der Waals surface area (Å²) < 4.78 is 27.7. The van der Waals surface area contributed by atoms with E-state index in [-0.39, 0.29) is 11.4 Å². The Balaban J connectivity index is 1.81. The Morgan fingerprint density at radius 1 is 1.00 bits per heavy atom. The zero-order valence-electron chi connectivity index (χ0n) is 17.5. The molecule has 0 unspecified atom stereocenters. The maximum Gasteiger partial charge on any atom is 0.255 e. The van der Waals surface area contributed by atoms with Crippen molar-refractivity contribution in [1.29, 1.82) is 0 Å². The zero-order chi connectivity index (χ0) is 24.0. The number of sulfonamides is 1. The molecule has 33 heavy (non-hydrogen) atoms. The summed E-state index contributed by atoms with van der Waals surface area (Å²) in [5.41, 5.74) is 4.58. The summed E-state index contributed by atoms with van der Waals surface area (Å²) in [6.45, 7) is 1.45. The van der Waals surface area contributed by atoms with Gasteiger partial charge in [-0.05, 0) is 54.4 Å². The molecule has 1 N–H and O–H groups in total. The SMILES string of the molecule is Cc1ccccc1CN(CC(=O)N/N=C\c1ccc(Cl)cc1Cl)S(=O)(=O)c1ccc(Cl)cc1. The highest BCUT2D eigenvalue weighted by Crippen LogP contribution is 2.22. The fourth-order valence-corrected chi connectivity index (χ4v) is 4.89. The molecule has 0 radical (unpaired) electrons. The highest BCUT2D eigenvalue weighted by atomic mass is 35.5. The maximum atomic E-state index is 13.3. The second-order valence-corrected chi connectivity index (χ2v) is 10.3. The largest absolute Gasteiger partial charge is 0.272 e. The maximum absolute atomic E-state index is 13.3. The number of hydrogen-bond acceptors (Lipinski definition) is 4. The van der Waals surface area contributed by atoms with Gasteiger partial charge < -0.3 is 0 Å². The van der Waals surface area contributed by atoms with Gasteiger partial charge in [-0.2, -0.15) is 9.41 Å². The molecule has 0 atom stereocenters. The molecule has 10 heteroatoms. The van der Waals surface area contributed by atoms with E-state index in [9.17, 15) is 13.2 Å². The molecule has 0 saturated carbocycles. The lowest BCUT2D eigenvalue weighted by atomic mass is 10.1. The van der Waals surface area contributed by atoms with Gasteiger partial charge in [0, 0.05) is 22.2 Å². The van der Waals surface area contributed by atoms with Gasteiger partial charge in [0.2, 0.25) is 10.0 Å². The van der Waals surface area contributed by atoms with Crippen LogP contribution in [0.5, 0.6) is 0 Å². The number of hydrogen-bond donors (Lipinski definition) is 1. The number of amides is 1. The summed E-state index contributed by atoms with van der Waals surface area (Å²) in [6.07, 6.45) is 1.36. The smallest absolute Gasteiger partial charge is 0.255 e. The fraction of sp³-hybridized carbons (Fsp3) is 0.130. The minimum atomic E-state index is -3.99. The highest BCUT2D eigenvalue weighted by molar-refractivity contribution is 7.89. The monoisotopic (exact) mass is 523 g/mol. The van der Waals surface area contributed by atoms with Crippen LogP contribution in [0.25, 0.3) is 0 Å². The lowest BCUT2D eigenvalue weighted by Crippen LogP contribution is -2.39. The predicted octanol–water partition coefficient (Wildman–Crippen LogP) is 5.30. The molecule has 6 nitrogen and oxygen atoms in total. The van der Waals surface area contributed by atoms with Crippen LogP contribution in [0.4, 0.5) is 0 Å². The number of rotatable bonds is 8. The van der Waals surface area contributed by atoms with Gasteiger partial charge in [0.25, 0.3) is 5.91 Å². The zero-order valence-corrected chi connectivity index (χ0v) is 20.6. The van der Waals surface area contributed by atoms with E-state index in [1.807, 2.05) is 31.2 Å². The van der Waals surface area contributed by atoms with E-state index in [2.05, 4.69) is 10.5 Å². The summed E-state index contributed by atoms with van der Waals surface area (Å²) in [5, 5.41) is 5.13. The molecule has 0 spiro atoms. The van der Waals surface area contributed by atoms with E-state index in [1.54, 1.807) is 18.2 Å². The molecule has 0 fully saturated rings. The van der Waals surface area contributed by atoms with E-state index in [1.165, 1.54) is 30.5 Å². The Bertz CT molecular complexity index is 1280. The fourth-order valence-electron chi connectivity index (χ4n) is 2.93. The number of carbonyl (C=O) groups is 1. The lowest BCUT2D eigenvalue weighted by Gasteiger charge is -2.22. The van der Waals surface area contributed by atoms with Crippen LogP contribution in [0, 0.1) is 6.92 Å². The van der Waals surface area contributed by atoms with Crippen LogP contribution in [-0.2, 0) is 21.4 Å². The van der Waals surface area contributed by atoms with Crippen LogP contribution < -0.4 is 5.43 Å². The number of carbonyl (C=O) groups excluding carboxylic acids is 1. The van der Waals surface area contributed by atoms with Crippen LogP contribution in [0.3, 0.4) is 0 Å². The Labute approximate surface area is 207 Å². The first kappa shape index (κ1) is 25.2. The third kappa shape index (κ3) is 6.79. The number of benzene rings is 3.